The van der Waals surface area contributed by atoms with Crippen molar-refractivity contribution in [1.29, 1.82) is 0 Å². The van der Waals surface area contributed by atoms with Gasteiger partial charge in [-0.25, -0.2) is 4.98 Å². The highest BCUT2D eigenvalue weighted by Crippen LogP contribution is 2.39. The highest BCUT2D eigenvalue weighted by Gasteiger charge is 2.37. The second kappa shape index (κ2) is 10.4. The SMILES string of the molecule is COC(OC)C1CCC(N2CN(C)C(=O)c3cnc4c(ccn4COCC[Si](C)(C)C)c32)CC1. The van der Waals surface area contributed by atoms with E-state index in [9.17, 15) is 4.79 Å². The summed E-state index contributed by atoms with van der Waals surface area (Å²) in [7, 11) is 4.17. The summed E-state index contributed by atoms with van der Waals surface area (Å²) in [6.45, 7) is 8.91. The maximum absolute atomic E-state index is 13.0. The zero-order valence-corrected chi connectivity index (χ0v) is 22.5. The summed E-state index contributed by atoms with van der Waals surface area (Å²) < 4.78 is 19.1. The molecule has 0 atom stereocenters. The van der Waals surface area contributed by atoms with Crippen molar-refractivity contribution in [1.82, 2.24) is 14.5 Å². The quantitative estimate of drug-likeness (QED) is 0.296. The van der Waals surface area contributed by atoms with Crippen LogP contribution in [0.15, 0.2) is 18.5 Å². The van der Waals surface area contributed by atoms with Crippen LogP contribution in [0.5, 0.6) is 0 Å². The van der Waals surface area contributed by atoms with E-state index in [2.05, 4.69) is 40.2 Å². The third kappa shape index (κ3) is 5.17. The molecule has 0 radical (unpaired) electrons. The Morgan fingerprint density at radius 1 is 1.15 bits per heavy atom. The minimum atomic E-state index is -1.13. The molecule has 3 heterocycles. The average molecular weight is 489 g/mol. The van der Waals surface area contributed by atoms with E-state index in [1.165, 1.54) is 0 Å². The number of hydrogen-bond donors (Lipinski definition) is 0. The molecule has 0 bridgehead atoms. The van der Waals surface area contributed by atoms with E-state index in [4.69, 9.17) is 14.2 Å². The van der Waals surface area contributed by atoms with Crippen molar-refractivity contribution in [2.24, 2.45) is 5.92 Å². The van der Waals surface area contributed by atoms with E-state index in [0.29, 0.717) is 30.9 Å². The number of aromatic nitrogens is 2. The summed E-state index contributed by atoms with van der Waals surface area (Å²) in [6.07, 6.45) is 7.80. The van der Waals surface area contributed by atoms with Crippen LogP contribution in [0.3, 0.4) is 0 Å². The second-order valence-electron chi connectivity index (χ2n) is 10.9. The molecule has 1 fully saturated rings. The summed E-state index contributed by atoms with van der Waals surface area (Å²) in [4.78, 5) is 21.9. The summed E-state index contributed by atoms with van der Waals surface area (Å²) in [6, 6.07) is 3.59. The molecular weight excluding hydrogens is 448 g/mol. The van der Waals surface area contributed by atoms with Crippen LogP contribution in [0, 0.1) is 5.92 Å². The number of methoxy groups -OCH3 is 2. The first kappa shape index (κ1) is 25.2. The van der Waals surface area contributed by atoms with Crippen LogP contribution in [-0.2, 0) is 20.9 Å². The van der Waals surface area contributed by atoms with Gasteiger partial charge in [0.25, 0.3) is 5.91 Å². The number of ether oxygens (including phenoxy) is 3. The lowest BCUT2D eigenvalue weighted by molar-refractivity contribution is -0.144. The predicted molar refractivity (Wildman–Crippen MR) is 137 cm³/mol. The zero-order valence-electron chi connectivity index (χ0n) is 21.5. The van der Waals surface area contributed by atoms with Gasteiger partial charge in [-0.3, -0.25) is 4.79 Å². The van der Waals surface area contributed by atoms with Gasteiger partial charge in [0.2, 0.25) is 0 Å². The van der Waals surface area contributed by atoms with Crippen molar-refractivity contribution in [2.45, 2.75) is 70.4 Å². The fraction of sp³-hybridized carbons (Fsp3) is 0.680. The van der Waals surface area contributed by atoms with Crippen LogP contribution in [0.1, 0.15) is 36.0 Å². The van der Waals surface area contributed by atoms with Gasteiger partial charge < -0.3 is 28.6 Å². The molecule has 9 heteroatoms. The molecule has 1 amide bonds. The van der Waals surface area contributed by atoms with Crippen molar-refractivity contribution in [3.05, 3.63) is 24.0 Å². The average Bonchev–Trinajstić information content (AvgIpc) is 3.23. The van der Waals surface area contributed by atoms with E-state index in [0.717, 1.165) is 55.1 Å². The Hall–Kier alpha value is -1.94. The number of hydrogen-bond acceptors (Lipinski definition) is 6. The Morgan fingerprint density at radius 3 is 2.50 bits per heavy atom. The maximum Gasteiger partial charge on any atom is 0.258 e. The number of anilines is 1. The molecule has 1 saturated carbocycles. The first-order valence-electron chi connectivity index (χ1n) is 12.4. The molecule has 2 aromatic heterocycles. The van der Waals surface area contributed by atoms with Crippen LogP contribution < -0.4 is 4.90 Å². The second-order valence-corrected chi connectivity index (χ2v) is 16.5. The number of carbonyl (C=O) groups is 1. The Balaban J connectivity index is 1.57. The molecule has 1 aliphatic heterocycles. The third-order valence-electron chi connectivity index (χ3n) is 7.25. The molecule has 0 saturated heterocycles. The van der Waals surface area contributed by atoms with Crippen molar-refractivity contribution in [2.75, 3.05) is 39.4 Å². The minimum absolute atomic E-state index is 0.0345. The molecule has 4 rings (SSSR count). The van der Waals surface area contributed by atoms with E-state index >= 15 is 0 Å². The lowest BCUT2D eigenvalue weighted by atomic mass is 9.84. The topological polar surface area (TPSA) is 69.1 Å². The molecule has 34 heavy (non-hydrogen) atoms. The van der Waals surface area contributed by atoms with Gasteiger partial charge in [-0.15, -0.1) is 0 Å². The van der Waals surface area contributed by atoms with Crippen molar-refractivity contribution in [3.63, 3.8) is 0 Å². The van der Waals surface area contributed by atoms with Gasteiger partial charge in [-0.05, 0) is 37.8 Å². The number of fused-ring (bicyclic) bond motifs is 3. The molecule has 2 aromatic rings. The lowest BCUT2D eigenvalue weighted by Gasteiger charge is -2.44. The van der Waals surface area contributed by atoms with Crippen molar-refractivity contribution >= 4 is 30.7 Å². The first-order chi connectivity index (χ1) is 16.2. The fourth-order valence-corrected chi connectivity index (χ4v) is 6.03. The fourth-order valence-electron chi connectivity index (χ4n) is 5.27. The molecule has 188 valence electrons. The molecule has 8 nitrogen and oxygen atoms in total. The number of carbonyl (C=O) groups excluding carboxylic acids is 1. The molecule has 0 spiro atoms. The smallest absolute Gasteiger partial charge is 0.258 e. The van der Waals surface area contributed by atoms with Gasteiger partial charge in [-0.2, -0.15) is 0 Å². The number of pyridine rings is 1. The minimum Gasteiger partial charge on any atom is -0.361 e. The molecule has 2 aliphatic rings. The highest BCUT2D eigenvalue weighted by atomic mass is 28.3. The van der Waals surface area contributed by atoms with E-state index < -0.39 is 8.07 Å². The van der Waals surface area contributed by atoms with Crippen LogP contribution in [-0.4, -0.2) is 75.3 Å². The van der Waals surface area contributed by atoms with Gasteiger partial charge >= 0.3 is 0 Å². The first-order valence-corrected chi connectivity index (χ1v) is 16.1. The van der Waals surface area contributed by atoms with Crippen molar-refractivity contribution in [3.8, 4) is 0 Å². The summed E-state index contributed by atoms with van der Waals surface area (Å²) in [5.41, 5.74) is 2.58. The zero-order chi connectivity index (χ0) is 24.5. The van der Waals surface area contributed by atoms with Gasteiger partial charge in [0, 0.05) is 65.7 Å². The van der Waals surface area contributed by atoms with Crippen molar-refractivity contribution < 1.29 is 19.0 Å². The highest BCUT2D eigenvalue weighted by molar-refractivity contribution is 6.76. The van der Waals surface area contributed by atoms with Crippen LogP contribution >= 0.6 is 0 Å². The maximum atomic E-state index is 13.0. The van der Waals surface area contributed by atoms with E-state index in [-0.39, 0.29) is 12.2 Å². The van der Waals surface area contributed by atoms with Crippen LogP contribution in [0.4, 0.5) is 5.69 Å². The molecule has 0 aromatic carbocycles. The lowest BCUT2D eigenvalue weighted by Crippen LogP contribution is -2.50. The van der Waals surface area contributed by atoms with Gasteiger partial charge in [0.15, 0.2) is 6.29 Å². The number of amides is 1. The summed E-state index contributed by atoms with van der Waals surface area (Å²) in [5.74, 6) is 0.439. The molecule has 0 unspecified atom stereocenters. The molecule has 0 N–H and O–H groups in total. The van der Waals surface area contributed by atoms with Gasteiger partial charge in [0.05, 0.1) is 17.9 Å². The van der Waals surface area contributed by atoms with Gasteiger partial charge in [-0.1, -0.05) is 19.6 Å². The monoisotopic (exact) mass is 488 g/mol. The normalized spacial score (nSPS) is 21.6. The van der Waals surface area contributed by atoms with E-state index in [1.54, 1.807) is 25.3 Å². The largest absolute Gasteiger partial charge is 0.361 e. The Bertz CT molecular complexity index is 993. The van der Waals surface area contributed by atoms with Gasteiger partial charge in [0.1, 0.15) is 12.4 Å². The number of nitrogens with zero attached hydrogens (tertiary/aromatic N) is 4. The predicted octanol–water partition coefficient (Wildman–Crippen LogP) is 4.38. The Labute approximate surface area is 204 Å². The van der Waals surface area contributed by atoms with E-state index in [1.807, 2.05) is 13.2 Å². The Morgan fingerprint density at radius 2 is 1.85 bits per heavy atom. The summed E-state index contributed by atoms with van der Waals surface area (Å²) >= 11 is 0. The standard InChI is InChI=1S/C25H40N4O4Si/c1-27-16-29(19-9-7-18(8-10-19)25(31-2)32-3)22-20-11-12-28(17-33-13-14-34(4,5)6)23(20)26-15-21(22)24(27)30/h11-12,15,18-19,25H,7-10,13-14,16-17H2,1-6H3. The van der Waals surface area contributed by atoms with Crippen LogP contribution in [0.2, 0.25) is 25.7 Å². The van der Waals surface area contributed by atoms with Crippen LogP contribution in [0.25, 0.3) is 11.0 Å². The Kier molecular flexibility index (Phi) is 7.66. The number of rotatable bonds is 9. The molecular formula is C25H40N4O4Si. The molecule has 1 aliphatic carbocycles. The summed E-state index contributed by atoms with van der Waals surface area (Å²) in [5, 5.41) is 1.03. The third-order valence-corrected chi connectivity index (χ3v) is 8.95.